The van der Waals surface area contributed by atoms with E-state index < -0.39 is 9.84 Å². The minimum atomic E-state index is -3.06. The van der Waals surface area contributed by atoms with E-state index in [1.807, 2.05) is 30.3 Å². The van der Waals surface area contributed by atoms with E-state index in [1.165, 1.54) is 4.68 Å². The molecule has 0 unspecified atom stereocenters. The molecule has 0 aliphatic heterocycles. The van der Waals surface area contributed by atoms with Crippen molar-refractivity contribution in [3.8, 4) is 11.3 Å². The molecule has 1 aromatic heterocycles. The van der Waals surface area contributed by atoms with Crippen molar-refractivity contribution in [1.82, 2.24) is 9.78 Å². The summed E-state index contributed by atoms with van der Waals surface area (Å²) in [7, 11) is -3.06. The van der Waals surface area contributed by atoms with Crippen molar-refractivity contribution < 1.29 is 8.42 Å². The van der Waals surface area contributed by atoms with Gasteiger partial charge in [-0.05, 0) is 0 Å². The molecular weight excluding hydrogens is 331 g/mol. The smallest absolute Gasteiger partial charge is 0.151 e. The monoisotopic (exact) mass is 346 g/mol. The molecule has 0 amide bonds. The van der Waals surface area contributed by atoms with E-state index in [0.717, 1.165) is 11.1 Å². The fourth-order valence-corrected chi connectivity index (χ4v) is 3.28. The second-order valence-corrected chi connectivity index (χ2v) is 7.68. The van der Waals surface area contributed by atoms with E-state index >= 15 is 0 Å². The Morgan fingerprint density at radius 1 is 1.24 bits per heavy atom. The standard InChI is InChI=1S/C14H16Cl2N2O2S/c1-2-21(19,20)9-8-18-14(16)12(10-15)13(17-18)11-6-4-3-5-7-11/h3-7H,2,8-10H2,1H3. The van der Waals surface area contributed by atoms with Crippen molar-refractivity contribution in [1.29, 1.82) is 0 Å². The number of halogens is 2. The number of aromatic nitrogens is 2. The Morgan fingerprint density at radius 3 is 2.48 bits per heavy atom. The molecule has 0 aliphatic rings. The van der Waals surface area contributed by atoms with Crippen LogP contribution in [0.2, 0.25) is 5.15 Å². The Balaban J connectivity index is 2.35. The first-order chi connectivity index (χ1) is 9.98. The molecule has 0 saturated carbocycles. The maximum atomic E-state index is 11.6. The van der Waals surface area contributed by atoms with Crippen LogP contribution >= 0.6 is 23.2 Å². The quantitative estimate of drug-likeness (QED) is 0.753. The summed E-state index contributed by atoms with van der Waals surface area (Å²) in [6.07, 6.45) is 0. The summed E-state index contributed by atoms with van der Waals surface area (Å²) in [6.45, 7) is 1.85. The molecule has 0 saturated heterocycles. The Bertz CT molecular complexity index is 712. The predicted molar refractivity (Wildman–Crippen MR) is 86.6 cm³/mol. The molecule has 21 heavy (non-hydrogen) atoms. The van der Waals surface area contributed by atoms with Crippen molar-refractivity contribution in [2.45, 2.75) is 19.3 Å². The number of hydrogen-bond acceptors (Lipinski definition) is 3. The highest BCUT2D eigenvalue weighted by Crippen LogP contribution is 2.30. The van der Waals surface area contributed by atoms with Crippen molar-refractivity contribution in [3.05, 3.63) is 41.0 Å². The van der Waals surface area contributed by atoms with Crippen molar-refractivity contribution in [3.63, 3.8) is 0 Å². The Morgan fingerprint density at radius 2 is 1.90 bits per heavy atom. The zero-order valence-corrected chi connectivity index (χ0v) is 13.9. The Kier molecular flexibility index (Phi) is 5.30. The largest absolute Gasteiger partial charge is 0.252 e. The van der Waals surface area contributed by atoms with Gasteiger partial charge >= 0.3 is 0 Å². The lowest BCUT2D eigenvalue weighted by atomic mass is 10.1. The molecule has 0 fully saturated rings. The van der Waals surface area contributed by atoms with Crippen molar-refractivity contribution in [2.24, 2.45) is 0 Å². The number of hydrogen-bond donors (Lipinski definition) is 0. The molecule has 0 bridgehead atoms. The summed E-state index contributed by atoms with van der Waals surface area (Å²) in [5, 5.41) is 4.82. The number of alkyl halides is 1. The van der Waals surface area contributed by atoms with E-state index in [-0.39, 0.29) is 23.9 Å². The zero-order chi connectivity index (χ0) is 15.5. The maximum absolute atomic E-state index is 11.6. The van der Waals surface area contributed by atoms with E-state index in [2.05, 4.69) is 5.10 Å². The predicted octanol–water partition coefficient (Wildman–Crippen LogP) is 3.38. The molecule has 0 radical (unpaired) electrons. The summed E-state index contributed by atoms with van der Waals surface area (Å²) >= 11 is 12.2. The Hall–Kier alpha value is -1.04. The van der Waals surface area contributed by atoms with Gasteiger partial charge in [0.05, 0.1) is 23.9 Å². The van der Waals surface area contributed by atoms with Gasteiger partial charge in [-0.1, -0.05) is 48.9 Å². The van der Waals surface area contributed by atoms with Gasteiger partial charge in [0.1, 0.15) is 5.15 Å². The number of nitrogens with zero attached hydrogens (tertiary/aromatic N) is 2. The number of aryl methyl sites for hydroxylation is 1. The average molecular weight is 347 g/mol. The fourth-order valence-electron chi connectivity index (χ4n) is 1.94. The third kappa shape index (κ3) is 3.78. The van der Waals surface area contributed by atoms with E-state index in [0.29, 0.717) is 10.8 Å². The molecule has 1 heterocycles. The van der Waals surface area contributed by atoms with Crippen LogP contribution in [0.25, 0.3) is 11.3 Å². The molecule has 0 spiro atoms. The van der Waals surface area contributed by atoms with E-state index in [4.69, 9.17) is 23.2 Å². The maximum Gasteiger partial charge on any atom is 0.151 e. The van der Waals surface area contributed by atoms with Crippen LogP contribution in [-0.2, 0) is 22.3 Å². The zero-order valence-electron chi connectivity index (χ0n) is 11.6. The lowest BCUT2D eigenvalue weighted by Crippen LogP contribution is -2.15. The van der Waals surface area contributed by atoms with Crippen LogP contribution in [0, 0.1) is 0 Å². The second kappa shape index (κ2) is 6.81. The topological polar surface area (TPSA) is 52.0 Å². The summed E-state index contributed by atoms with van der Waals surface area (Å²) in [4.78, 5) is 0. The molecule has 114 valence electrons. The first-order valence-electron chi connectivity index (χ1n) is 6.55. The van der Waals surface area contributed by atoms with Crippen LogP contribution in [0.3, 0.4) is 0 Å². The summed E-state index contributed by atoms with van der Waals surface area (Å²) in [5.74, 6) is 0.351. The molecular formula is C14H16Cl2N2O2S. The summed E-state index contributed by atoms with van der Waals surface area (Å²) < 4.78 is 24.7. The molecule has 1 aromatic carbocycles. The van der Waals surface area contributed by atoms with Crippen LogP contribution in [-0.4, -0.2) is 29.7 Å². The fraction of sp³-hybridized carbons (Fsp3) is 0.357. The third-order valence-electron chi connectivity index (χ3n) is 3.22. The van der Waals surface area contributed by atoms with Crippen molar-refractivity contribution >= 4 is 33.0 Å². The van der Waals surface area contributed by atoms with Gasteiger partial charge < -0.3 is 0 Å². The molecule has 0 atom stereocenters. The molecule has 0 N–H and O–H groups in total. The third-order valence-corrected chi connectivity index (χ3v) is 5.59. The van der Waals surface area contributed by atoms with Crippen molar-refractivity contribution in [2.75, 3.05) is 11.5 Å². The van der Waals surface area contributed by atoms with Crippen LogP contribution in [0.4, 0.5) is 0 Å². The summed E-state index contributed by atoms with van der Waals surface area (Å²) in [6, 6.07) is 9.56. The number of sulfone groups is 1. The highest BCUT2D eigenvalue weighted by Gasteiger charge is 2.18. The number of rotatable bonds is 6. The van der Waals surface area contributed by atoms with Crippen LogP contribution in [0.1, 0.15) is 12.5 Å². The van der Waals surface area contributed by atoms with E-state index in [9.17, 15) is 8.42 Å². The molecule has 2 aromatic rings. The first-order valence-corrected chi connectivity index (χ1v) is 9.29. The molecule has 0 aliphatic carbocycles. The highest BCUT2D eigenvalue weighted by molar-refractivity contribution is 7.91. The van der Waals surface area contributed by atoms with Gasteiger partial charge in [0, 0.05) is 16.9 Å². The highest BCUT2D eigenvalue weighted by atomic mass is 35.5. The van der Waals surface area contributed by atoms with Crippen LogP contribution in [0.5, 0.6) is 0 Å². The molecule has 7 heteroatoms. The van der Waals surface area contributed by atoms with Crippen LogP contribution in [0.15, 0.2) is 30.3 Å². The molecule has 4 nitrogen and oxygen atoms in total. The normalized spacial score (nSPS) is 11.8. The number of benzene rings is 1. The van der Waals surface area contributed by atoms with E-state index in [1.54, 1.807) is 6.92 Å². The Labute approximate surface area is 134 Å². The lowest BCUT2D eigenvalue weighted by molar-refractivity contribution is 0.582. The average Bonchev–Trinajstić information content (AvgIpc) is 2.82. The first kappa shape index (κ1) is 16.3. The second-order valence-electron chi connectivity index (χ2n) is 4.58. The van der Waals surface area contributed by atoms with Gasteiger partial charge in [-0.2, -0.15) is 5.10 Å². The van der Waals surface area contributed by atoms with Gasteiger partial charge in [0.25, 0.3) is 0 Å². The van der Waals surface area contributed by atoms with Crippen LogP contribution < -0.4 is 0 Å². The lowest BCUT2D eigenvalue weighted by Gasteiger charge is -2.03. The van der Waals surface area contributed by atoms with Gasteiger partial charge in [-0.25, -0.2) is 8.42 Å². The minimum absolute atomic E-state index is 0.0147. The van der Waals surface area contributed by atoms with Gasteiger partial charge in [-0.3, -0.25) is 4.68 Å². The summed E-state index contributed by atoms with van der Waals surface area (Å²) in [5.41, 5.74) is 2.33. The van der Waals surface area contributed by atoms with Gasteiger partial charge in [-0.15, -0.1) is 11.6 Å². The minimum Gasteiger partial charge on any atom is -0.252 e. The SMILES string of the molecule is CCS(=O)(=O)CCn1nc(-c2ccccc2)c(CCl)c1Cl. The molecule has 2 rings (SSSR count). The van der Waals surface area contributed by atoms with Gasteiger partial charge in [0.15, 0.2) is 9.84 Å². The van der Waals surface area contributed by atoms with Gasteiger partial charge in [0.2, 0.25) is 0 Å².